The second kappa shape index (κ2) is 3.91. The van der Waals surface area contributed by atoms with Gasteiger partial charge in [-0.2, -0.15) is 0 Å². The minimum absolute atomic E-state index is 0.0666. The molecule has 7 heteroatoms. The van der Waals surface area contributed by atoms with Crippen LogP contribution in [-0.2, 0) is 10.0 Å². The van der Waals surface area contributed by atoms with Crippen LogP contribution in [-0.4, -0.2) is 26.6 Å². The van der Waals surface area contributed by atoms with Gasteiger partial charge in [0, 0.05) is 12.3 Å². The number of ether oxygens (including phenoxy) is 2. The van der Waals surface area contributed by atoms with Gasteiger partial charge in [0.25, 0.3) is 10.0 Å². The first-order valence-electron chi connectivity index (χ1n) is 4.75. The minimum atomic E-state index is -3.90. The van der Waals surface area contributed by atoms with E-state index in [1.54, 1.807) is 6.07 Å². The number of pyridine rings is 1. The Bertz CT molecular complexity index is 496. The summed E-state index contributed by atoms with van der Waals surface area (Å²) in [4.78, 5) is 3.69. The van der Waals surface area contributed by atoms with Gasteiger partial charge < -0.3 is 9.47 Å². The van der Waals surface area contributed by atoms with E-state index >= 15 is 0 Å². The molecule has 6 nitrogen and oxygen atoms in total. The Balaban J connectivity index is 2.45. The number of nitrogens with two attached hydrogens (primary N) is 1. The van der Waals surface area contributed by atoms with Crippen LogP contribution in [0.5, 0.6) is 11.5 Å². The summed E-state index contributed by atoms with van der Waals surface area (Å²) in [5, 5.41) is 4.72. The third-order valence-corrected chi connectivity index (χ3v) is 2.96. The minimum Gasteiger partial charge on any atom is -0.490 e. The SMILES string of the molecule is COc1c(OC2CC2)ccnc1S(N)(=O)=O. The molecule has 88 valence electrons. The van der Waals surface area contributed by atoms with Crippen molar-refractivity contribution < 1.29 is 17.9 Å². The van der Waals surface area contributed by atoms with Gasteiger partial charge in [0.1, 0.15) is 0 Å². The standard InChI is InChI=1S/C9H12N2O4S/c1-14-8-7(15-6-2-3-6)4-5-11-9(8)16(10,12)13/h4-6H,2-3H2,1H3,(H2,10,12,13). The average molecular weight is 244 g/mol. The molecule has 0 amide bonds. The monoisotopic (exact) mass is 244 g/mol. The molecule has 0 radical (unpaired) electrons. The number of primary sulfonamides is 1. The van der Waals surface area contributed by atoms with Crippen molar-refractivity contribution in [1.82, 2.24) is 4.98 Å². The maximum absolute atomic E-state index is 11.2. The number of hydrogen-bond acceptors (Lipinski definition) is 5. The molecule has 1 heterocycles. The van der Waals surface area contributed by atoms with Crippen LogP contribution in [0.2, 0.25) is 0 Å². The van der Waals surface area contributed by atoms with E-state index in [1.165, 1.54) is 13.3 Å². The average Bonchev–Trinajstić information content (AvgIpc) is 3.00. The highest BCUT2D eigenvalue weighted by Gasteiger charge is 2.27. The third kappa shape index (κ3) is 2.25. The summed E-state index contributed by atoms with van der Waals surface area (Å²) in [5.74, 6) is 0.431. The normalized spacial score (nSPS) is 15.9. The van der Waals surface area contributed by atoms with Gasteiger partial charge in [0.05, 0.1) is 13.2 Å². The van der Waals surface area contributed by atoms with Gasteiger partial charge in [-0.25, -0.2) is 18.5 Å². The predicted molar refractivity (Wildman–Crippen MR) is 55.8 cm³/mol. The molecule has 0 unspecified atom stereocenters. The quantitative estimate of drug-likeness (QED) is 0.821. The lowest BCUT2D eigenvalue weighted by Gasteiger charge is -2.11. The van der Waals surface area contributed by atoms with Crippen molar-refractivity contribution >= 4 is 10.0 Å². The van der Waals surface area contributed by atoms with E-state index in [1.807, 2.05) is 0 Å². The van der Waals surface area contributed by atoms with Crippen molar-refractivity contribution in [2.24, 2.45) is 5.14 Å². The summed E-state index contributed by atoms with van der Waals surface area (Å²) in [7, 11) is -2.55. The van der Waals surface area contributed by atoms with E-state index in [0.29, 0.717) is 5.75 Å². The van der Waals surface area contributed by atoms with Crippen LogP contribution in [0.4, 0.5) is 0 Å². The second-order valence-corrected chi connectivity index (χ2v) is 4.99. The van der Waals surface area contributed by atoms with Crippen LogP contribution in [0.1, 0.15) is 12.8 Å². The van der Waals surface area contributed by atoms with Gasteiger partial charge in [0.2, 0.25) is 5.03 Å². The van der Waals surface area contributed by atoms with Crippen LogP contribution < -0.4 is 14.6 Å². The largest absolute Gasteiger partial charge is 0.490 e. The molecule has 0 aliphatic heterocycles. The van der Waals surface area contributed by atoms with Gasteiger partial charge >= 0.3 is 0 Å². The Kier molecular flexibility index (Phi) is 2.73. The Morgan fingerprint density at radius 2 is 2.19 bits per heavy atom. The van der Waals surface area contributed by atoms with E-state index in [4.69, 9.17) is 14.6 Å². The summed E-state index contributed by atoms with van der Waals surface area (Å²) < 4.78 is 33.0. The van der Waals surface area contributed by atoms with E-state index < -0.39 is 10.0 Å². The maximum atomic E-state index is 11.2. The summed E-state index contributed by atoms with van der Waals surface area (Å²) >= 11 is 0. The zero-order chi connectivity index (χ0) is 11.8. The number of aromatic nitrogens is 1. The van der Waals surface area contributed by atoms with Crippen molar-refractivity contribution in [3.8, 4) is 11.5 Å². The lowest BCUT2D eigenvalue weighted by Crippen LogP contribution is -2.16. The Labute approximate surface area is 93.4 Å². The van der Waals surface area contributed by atoms with Crippen molar-refractivity contribution in [2.75, 3.05) is 7.11 Å². The molecule has 1 aliphatic carbocycles. The molecule has 0 saturated heterocycles. The lowest BCUT2D eigenvalue weighted by molar-refractivity contribution is 0.277. The molecule has 1 aliphatic rings. The number of sulfonamides is 1. The Morgan fingerprint density at radius 3 is 2.69 bits per heavy atom. The summed E-state index contributed by atoms with van der Waals surface area (Å²) in [6, 6.07) is 1.56. The van der Waals surface area contributed by atoms with Crippen molar-refractivity contribution in [3.63, 3.8) is 0 Å². The molecule has 0 atom stereocenters. The highest BCUT2D eigenvalue weighted by Crippen LogP contribution is 2.36. The van der Waals surface area contributed by atoms with Crippen LogP contribution in [0, 0.1) is 0 Å². The molecule has 0 spiro atoms. The molecule has 1 aromatic rings. The number of hydrogen-bond donors (Lipinski definition) is 1. The van der Waals surface area contributed by atoms with Gasteiger partial charge in [-0.3, -0.25) is 0 Å². The fraction of sp³-hybridized carbons (Fsp3) is 0.444. The highest BCUT2D eigenvalue weighted by molar-refractivity contribution is 7.89. The lowest BCUT2D eigenvalue weighted by atomic mass is 10.4. The third-order valence-electron chi connectivity index (χ3n) is 2.13. The first-order valence-corrected chi connectivity index (χ1v) is 6.29. The highest BCUT2D eigenvalue weighted by atomic mass is 32.2. The number of methoxy groups -OCH3 is 1. The van der Waals surface area contributed by atoms with E-state index in [2.05, 4.69) is 4.98 Å². The predicted octanol–water partition coefficient (Wildman–Crippen LogP) is 0.279. The van der Waals surface area contributed by atoms with Gasteiger partial charge in [-0.05, 0) is 12.8 Å². The number of rotatable bonds is 4. The summed E-state index contributed by atoms with van der Waals surface area (Å²) in [6.07, 6.45) is 3.41. The van der Waals surface area contributed by atoms with E-state index in [9.17, 15) is 8.42 Å². The summed E-state index contributed by atoms with van der Waals surface area (Å²) in [5.41, 5.74) is 0. The molecule has 1 aromatic heterocycles. The van der Waals surface area contributed by atoms with Crippen LogP contribution in [0.15, 0.2) is 17.3 Å². The first-order chi connectivity index (χ1) is 7.52. The summed E-state index contributed by atoms with van der Waals surface area (Å²) in [6.45, 7) is 0. The topological polar surface area (TPSA) is 91.5 Å². The molecule has 1 saturated carbocycles. The zero-order valence-electron chi connectivity index (χ0n) is 8.71. The van der Waals surface area contributed by atoms with E-state index in [-0.39, 0.29) is 16.9 Å². The number of nitrogens with zero attached hydrogens (tertiary/aromatic N) is 1. The Morgan fingerprint density at radius 1 is 1.50 bits per heavy atom. The van der Waals surface area contributed by atoms with Crippen molar-refractivity contribution in [3.05, 3.63) is 12.3 Å². The van der Waals surface area contributed by atoms with Crippen molar-refractivity contribution in [2.45, 2.75) is 24.0 Å². The van der Waals surface area contributed by atoms with Crippen LogP contribution >= 0.6 is 0 Å². The second-order valence-electron chi connectivity index (χ2n) is 3.51. The smallest absolute Gasteiger partial charge is 0.259 e. The van der Waals surface area contributed by atoms with Gasteiger partial charge in [0.15, 0.2) is 11.5 Å². The molecule has 2 N–H and O–H groups in total. The molecule has 1 fully saturated rings. The molecular weight excluding hydrogens is 232 g/mol. The zero-order valence-corrected chi connectivity index (χ0v) is 9.53. The molecule has 16 heavy (non-hydrogen) atoms. The van der Waals surface area contributed by atoms with Crippen LogP contribution in [0.25, 0.3) is 0 Å². The van der Waals surface area contributed by atoms with Crippen LogP contribution in [0.3, 0.4) is 0 Å². The molecular formula is C9H12N2O4S. The maximum Gasteiger partial charge on any atom is 0.259 e. The molecule has 0 aromatic carbocycles. The fourth-order valence-electron chi connectivity index (χ4n) is 1.26. The van der Waals surface area contributed by atoms with Gasteiger partial charge in [-0.1, -0.05) is 0 Å². The molecule has 2 rings (SSSR count). The first kappa shape index (κ1) is 11.2. The fourth-order valence-corrected chi connectivity index (χ4v) is 1.91. The molecule has 0 bridgehead atoms. The van der Waals surface area contributed by atoms with Crippen molar-refractivity contribution in [1.29, 1.82) is 0 Å². The van der Waals surface area contributed by atoms with Gasteiger partial charge in [-0.15, -0.1) is 0 Å². The van der Waals surface area contributed by atoms with E-state index in [0.717, 1.165) is 12.8 Å². The Hall–Kier alpha value is -1.34.